The first kappa shape index (κ1) is 19.3. The predicted molar refractivity (Wildman–Crippen MR) is 97.0 cm³/mol. The minimum Gasteiger partial charge on any atom is -0.459 e. The van der Waals surface area contributed by atoms with E-state index in [0.29, 0.717) is 16.7 Å². The van der Waals surface area contributed by atoms with Crippen molar-refractivity contribution < 1.29 is 23.1 Å². The van der Waals surface area contributed by atoms with Crippen molar-refractivity contribution >= 4 is 27.8 Å². The Morgan fingerprint density at radius 1 is 1.46 bits per heavy atom. The van der Waals surface area contributed by atoms with Crippen LogP contribution < -0.4 is 0 Å². The maximum atomic E-state index is 14.3. The number of fused-ring (bicyclic) bond motifs is 2. The van der Waals surface area contributed by atoms with Gasteiger partial charge in [-0.3, -0.25) is 9.59 Å². The van der Waals surface area contributed by atoms with Gasteiger partial charge in [0.15, 0.2) is 0 Å². The summed E-state index contributed by atoms with van der Waals surface area (Å²) in [6.07, 6.45) is -2.05. The molecule has 1 fully saturated rings. The normalized spacial score (nSPS) is 25.8. The van der Waals surface area contributed by atoms with Gasteiger partial charge in [-0.25, -0.2) is 8.78 Å². The quantitative estimate of drug-likeness (QED) is 0.538. The van der Waals surface area contributed by atoms with Gasteiger partial charge in [0.2, 0.25) is 0 Å². The molecular weight excluding hydrogens is 408 g/mol. The SMILES string of the molecule is CC(C)(C)OC(=O)CN1C[C@]2(C[C@H]2F)c2cc(C(F)CBr)ccc2C1=O. The van der Waals surface area contributed by atoms with Crippen LogP contribution in [0.15, 0.2) is 18.2 Å². The number of esters is 1. The number of nitrogens with zero attached hydrogens (tertiary/aromatic N) is 1. The predicted octanol–water partition coefficient (Wildman–Crippen LogP) is 3.87. The summed E-state index contributed by atoms with van der Waals surface area (Å²) in [5.41, 5.74) is -0.184. The van der Waals surface area contributed by atoms with Crippen LogP contribution in [0.2, 0.25) is 0 Å². The van der Waals surface area contributed by atoms with E-state index in [1.54, 1.807) is 32.9 Å². The monoisotopic (exact) mass is 429 g/mol. The number of alkyl halides is 3. The molecule has 1 aromatic rings. The second-order valence-corrected chi connectivity index (χ2v) is 8.65. The molecule has 1 aromatic carbocycles. The number of ether oxygens (including phenoxy) is 1. The molecule has 1 amide bonds. The summed E-state index contributed by atoms with van der Waals surface area (Å²) in [5.74, 6) is -0.878. The Morgan fingerprint density at radius 2 is 2.12 bits per heavy atom. The fourth-order valence-electron chi connectivity index (χ4n) is 3.47. The Morgan fingerprint density at radius 3 is 2.65 bits per heavy atom. The lowest BCUT2D eigenvalue weighted by Crippen LogP contribution is -2.47. The molecule has 0 saturated heterocycles. The smallest absolute Gasteiger partial charge is 0.326 e. The van der Waals surface area contributed by atoms with Crippen molar-refractivity contribution in [2.45, 2.75) is 50.6 Å². The zero-order valence-electron chi connectivity index (χ0n) is 15.0. The highest BCUT2D eigenvalue weighted by Crippen LogP contribution is 2.55. The maximum Gasteiger partial charge on any atom is 0.326 e. The highest BCUT2D eigenvalue weighted by Gasteiger charge is 2.61. The molecule has 0 bridgehead atoms. The Kier molecular flexibility index (Phi) is 4.88. The molecule has 3 rings (SSSR count). The van der Waals surface area contributed by atoms with Crippen LogP contribution in [0.4, 0.5) is 8.78 Å². The molecule has 2 aliphatic rings. The van der Waals surface area contributed by atoms with Crippen molar-refractivity contribution in [2.75, 3.05) is 18.4 Å². The number of amides is 1. The van der Waals surface area contributed by atoms with E-state index in [1.165, 1.54) is 11.0 Å². The van der Waals surface area contributed by atoms with Crippen LogP contribution in [0.1, 0.15) is 54.8 Å². The molecule has 1 aliphatic carbocycles. The van der Waals surface area contributed by atoms with Crippen LogP contribution >= 0.6 is 15.9 Å². The van der Waals surface area contributed by atoms with Gasteiger partial charge in [-0.05, 0) is 44.4 Å². The van der Waals surface area contributed by atoms with Crippen molar-refractivity contribution in [1.82, 2.24) is 4.90 Å². The molecule has 7 heteroatoms. The highest BCUT2D eigenvalue weighted by molar-refractivity contribution is 9.09. The molecule has 142 valence electrons. The molecule has 4 nitrogen and oxygen atoms in total. The zero-order valence-corrected chi connectivity index (χ0v) is 16.6. The number of rotatable bonds is 4. The van der Waals surface area contributed by atoms with Crippen LogP contribution in [0, 0.1) is 0 Å². The lowest BCUT2D eigenvalue weighted by Gasteiger charge is -2.35. The van der Waals surface area contributed by atoms with Crippen LogP contribution in [-0.4, -0.2) is 47.0 Å². The number of carbonyl (C=O) groups excluding carboxylic acids is 2. The summed E-state index contributed by atoms with van der Waals surface area (Å²) >= 11 is 3.10. The van der Waals surface area contributed by atoms with E-state index in [0.717, 1.165) is 0 Å². The molecule has 26 heavy (non-hydrogen) atoms. The van der Waals surface area contributed by atoms with Gasteiger partial charge in [0.05, 0.1) is 0 Å². The van der Waals surface area contributed by atoms with Crippen molar-refractivity contribution in [3.05, 3.63) is 34.9 Å². The number of carbonyl (C=O) groups is 2. The van der Waals surface area contributed by atoms with Gasteiger partial charge >= 0.3 is 5.97 Å². The van der Waals surface area contributed by atoms with Gasteiger partial charge in [-0.2, -0.15) is 0 Å². The van der Waals surface area contributed by atoms with Gasteiger partial charge < -0.3 is 9.64 Å². The fourth-order valence-corrected chi connectivity index (χ4v) is 3.85. The van der Waals surface area contributed by atoms with Gasteiger partial charge in [0.25, 0.3) is 5.91 Å². The lowest BCUT2D eigenvalue weighted by molar-refractivity contribution is -0.155. The van der Waals surface area contributed by atoms with Crippen LogP contribution in [0.5, 0.6) is 0 Å². The Balaban J connectivity index is 1.89. The summed E-state index contributed by atoms with van der Waals surface area (Å²) in [7, 11) is 0. The minimum absolute atomic E-state index is 0.105. The summed E-state index contributed by atoms with van der Waals surface area (Å²) in [6.45, 7) is 5.12. The molecule has 3 atom stereocenters. The van der Waals surface area contributed by atoms with Crippen LogP contribution in [0.3, 0.4) is 0 Å². The molecule has 1 unspecified atom stereocenters. The molecular formula is C19H22BrF2NO3. The fraction of sp³-hybridized carbons (Fsp3) is 0.579. The van der Waals surface area contributed by atoms with E-state index in [-0.39, 0.29) is 30.7 Å². The van der Waals surface area contributed by atoms with E-state index >= 15 is 0 Å². The second-order valence-electron chi connectivity index (χ2n) is 8.00. The van der Waals surface area contributed by atoms with Gasteiger partial charge in [-0.1, -0.05) is 28.1 Å². The summed E-state index contributed by atoms with van der Waals surface area (Å²) < 4.78 is 33.6. The highest BCUT2D eigenvalue weighted by atomic mass is 79.9. The number of hydrogen-bond acceptors (Lipinski definition) is 3. The Bertz CT molecular complexity index is 749. The molecule has 1 aliphatic heterocycles. The Labute approximate surface area is 160 Å². The van der Waals surface area contributed by atoms with E-state index in [1.807, 2.05) is 0 Å². The average molecular weight is 430 g/mol. The van der Waals surface area contributed by atoms with Crippen LogP contribution in [0.25, 0.3) is 0 Å². The molecule has 1 spiro atoms. The summed E-state index contributed by atoms with van der Waals surface area (Å²) in [6, 6.07) is 4.68. The molecule has 1 heterocycles. The van der Waals surface area contributed by atoms with E-state index in [2.05, 4.69) is 15.9 Å². The Hall–Kier alpha value is -1.50. The first-order chi connectivity index (χ1) is 12.1. The third-order valence-corrected chi connectivity index (χ3v) is 5.36. The summed E-state index contributed by atoms with van der Waals surface area (Å²) in [4.78, 5) is 26.2. The van der Waals surface area contributed by atoms with Crippen molar-refractivity contribution in [3.63, 3.8) is 0 Å². The first-order valence-electron chi connectivity index (χ1n) is 8.57. The summed E-state index contributed by atoms with van der Waals surface area (Å²) in [5, 5.41) is 0.135. The van der Waals surface area contributed by atoms with Crippen LogP contribution in [-0.2, 0) is 14.9 Å². The maximum absolute atomic E-state index is 14.3. The van der Waals surface area contributed by atoms with Gasteiger partial charge in [-0.15, -0.1) is 0 Å². The largest absolute Gasteiger partial charge is 0.459 e. The standard InChI is InChI=1S/C19H22BrF2NO3/c1-18(2,3)26-16(24)9-23-10-19(7-15(19)22)13-6-11(14(21)8-20)4-5-12(13)17(23)25/h4-6,14-15H,7-10H2,1-3H3/t14?,15-,19-/m1/s1. The van der Waals surface area contributed by atoms with Gasteiger partial charge in [0.1, 0.15) is 24.5 Å². The van der Waals surface area contributed by atoms with E-state index < -0.39 is 29.3 Å². The first-order valence-corrected chi connectivity index (χ1v) is 9.69. The molecule has 1 saturated carbocycles. The molecule has 0 radical (unpaired) electrons. The molecule has 0 N–H and O–H groups in total. The topological polar surface area (TPSA) is 46.6 Å². The minimum atomic E-state index is -1.22. The van der Waals surface area contributed by atoms with E-state index in [9.17, 15) is 18.4 Å². The zero-order chi connectivity index (χ0) is 19.3. The average Bonchev–Trinajstić information content (AvgIpc) is 3.19. The third kappa shape index (κ3) is 3.50. The second kappa shape index (κ2) is 6.59. The van der Waals surface area contributed by atoms with Crippen molar-refractivity contribution in [1.29, 1.82) is 0 Å². The number of benzene rings is 1. The number of halogens is 3. The molecule has 0 aromatic heterocycles. The van der Waals surface area contributed by atoms with Crippen molar-refractivity contribution in [3.8, 4) is 0 Å². The number of hydrogen-bond donors (Lipinski definition) is 0. The van der Waals surface area contributed by atoms with Gasteiger partial charge in [0, 0.05) is 22.9 Å². The van der Waals surface area contributed by atoms with E-state index in [4.69, 9.17) is 4.74 Å². The third-order valence-electron chi connectivity index (χ3n) is 4.79. The lowest BCUT2D eigenvalue weighted by atomic mass is 9.84. The van der Waals surface area contributed by atoms with Crippen molar-refractivity contribution in [2.24, 2.45) is 0 Å².